The van der Waals surface area contributed by atoms with Crippen molar-refractivity contribution in [2.75, 3.05) is 19.7 Å². The average Bonchev–Trinajstić information content (AvgIpc) is 3.18. The third-order valence-corrected chi connectivity index (χ3v) is 4.23. The number of nitrogens with one attached hydrogen (secondary N) is 1. The van der Waals surface area contributed by atoms with Gasteiger partial charge >= 0.3 is 0 Å². The molecule has 0 amide bonds. The zero-order valence-electron chi connectivity index (χ0n) is 12.3. The fraction of sp³-hybridized carbons (Fsp3) is 0.600. The number of aromatic nitrogens is 4. The van der Waals surface area contributed by atoms with Crippen LogP contribution >= 0.6 is 0 Å². The van der Waals surface area contributed by atoms with E-state index in [1.165, 1.54) is 12.8 Å². The molecule has 114 valence electrons. The molecule has 1 aliphatic rings. The SMILES string of the molecule is OC[C@H]1CCCCN1CCCn1ccnc1-c1ncc[nH]1. The molecule has 1 saturated heterocycles. The first-order valence-electron chi connectivity index (χ1n) is 7.74. The van der Waals surface area contributed by atoms with E-state index in [1.807, 2.05) is 18.6 Å². The highest BCUT2D eigenvalue weighted by atomic mass is 16.3. The Morgan fingerprint density at radius 1 is 1.24 bits per heavy atom. The van der Waals surface area contributed by atoms with Gasteiger partial charge in [-0.3, -0.25) is 4.90 Å². The van der Waals surface area contributed by atoms with E-state index in [-0.39, 0.29) is 6.61 Å². The predicted molar refractivity (Wildman–Crippen MR) is 80.7 cm³/mol. The number of hydrogen-bond acceptors (Lipinski definition) is 4. The van der Waals surface area contributed by atoms with E-state index in [0.717, 1.165) is 44.1 Å². The van der Waals surface area contributed by atoms with Crippen LogP contribution in [0.2, 0.25) is 0 Å². The lowest BCUT2D eigenvalue weighted by atomic mass is 10.0. The summed E-state index contributed by atoms with van der Waals surface area (Å²) < 4.78 is 2.14. The number of piperidine rings is 1. The van der Waals surface area contributed by atoms with E-state index in [1.54, 1.807) is 6.20 Å². The van der Waals surface area contributed by atoms with Crippen LogP contribution in [0.5, 0.6) is 0 Å². The highest BCUT2D eigenvalue weighted by Gasteiger charge is 2.20. The standard InChI is InChI=1S/C15H23N5O/c21-12-13-4-1-2-8-19(13)9-3-10-20-11-7-18-15(20)14-16-5-6-17-14/h5-7,11,13,21H,1-4,8-10,12H2,(H,16,17)/t13-/m1/s1. The molecule has 2 aromatic heterocycles. The van der Waals surface area contributed by atoms with Crippen molar-refractivity contribution in [3.8, 4) is 11.6 Å². The van der Waals surface area contributed by atoms with Gasteiger partial charge in [0.15, 0.2) is 11.6 Å². The second-order valence-electron chi connectivity index (χ2n) is 5.60. The first-order valence-corrected chi connectivity index (χ1v) is 7.74. The summed E-state index contributed by atoms with van der Waals surface area (Å²) in [6.07, 6.45) is 12.0. The molecule has 3 rings (SSSR count). The van der Waals surface area contributed by atoms with Crippen molar-refractivity contribution < 1.29 is 5.11 Å². The largest absolute Gasteiger partial charge is 0.395 e. The summed E-state index contributed by atoms with van der Waals surface area (Å²) in [4.78, 5) is 14.2. The lowest BCUT2D eigenvalue weighted by Crippen LogP contribution is -2.42. The summed E-state index contributed by atoms with van der Waals surface area (Å²) >= 11 is 0. The van der Waals surface area contributed by atoms with Crippen LogP contribution < -0.4 is 0 Å². The zero-order chi connectivity index (χ0) is 14.5. The van der Waals surface area contributed by atoms with E-state index in [9.17, 15) is 5.11 Å². The number of rotatable bonds is 6. The highest BCUT2D eigenvalue weighted by Crippen LogP contribution is 2.17. The maximum Gasteiger partial charge on any atom is 0.176 e. The molecule has 1 fully saturated rings. The van der Waals surface area contributed by atoms with Crippen LogP contribution in [0.25, 0.3) is 11.6 Å². The van der Waals surface area contributed by atoms with Gasteiger partial charge < -0.3 is 14.7 Å². The molecule has 0 aliphatic carbocycles. The van der Waals surface area contributed by atoms with Crippen LogP contribution in [-0.2, 0) is 6.54 Å². The van der Waals surface area contributed by atoms with Crippen LogP contribution in [0.1, 0.15) is 25.7 Å². The number of aliphatic hydroxyl groups is 1. The molecule has 21 heavy (non-hydrogen) atoms. The Kier molecular flexibility index (Phi) is 4.67. The van der Waals surface area contributed by atoms with Gasteiger partial charge in [0.25, 0.3) is 0 Å². The molecule has 0 aromatic carbocycles. The first kappa shape index (κ1) is 14.3. The average molecular weight is 289 g/mol. The van der Waals surface area contributed by atoms with Crippen molar-refractivity contribution in [2.45, 2.75) is 38.3 Å². The second-order valence-corrected chi connectivity index (χ2v) is 5.60. The first-order chi connectivity index (χ1) is 10.4. The Labute approximate surface area is 124 Å². The van der Waals surface area contributed by atoms with Gasteiger partial charge in [0.1, 0.15) is 0 Å². The van der Waals surface area contributed by atoms with Gasteiger partial charge in [-0.25, -0.2) is 9.97 Å². The minimum atomic E-state index is 0.280. The van der Waals surface area contributed by atoms with Gasteiger partial charge in [-0.1, -0.05) is 6.42 Å². The van der Waals surface area contributed by atoms with Gasteiger partial charge in [0.2, 0.25) is 0 Å². The van der Waals surface area contributed by atoms with E-state index in [0.29, 0.717) is 6.04 Å². The molecular formula is C15H23N5O. The molecule has 1 atom stereocenters. The molecule has 6 nitrogen and oxygen atoms in total. The molecule has 0 radical (unpaired) electrons. The Bertz CT molecular complexity index is 536. The monoisotopic (exact) mass is 289 g/mol. The van der Waals surface area contributed by atoms with Gasteiger partial charge in [0.05, 0.1) is 6.61 Å². The van der Waals surface area contributed by atoms with Crippen LogP contribution in [0, 0.1) is 0 Å². The zero-order valence-corrected chi connectivity index (χ0v) is 12.3. The summed E-state index contributed by atoms with van der Waals surface area (Å²) in [7, 11) is 0. The third kappa shape index (κ3) is 3.33. The quantitative estimate of drug-likeness (QED) is 0.845. The van der Waals surface area contributed by atoms with E-state index >= 15 is 0 Å². The van der Waals surface area contributed by atoms with Crippen LogP contribution in [0.3, 0.4) is 0 Å². The topological polar surface area (TPSA) is 70.0 Å². The number of likely N-dealkylation sites (tertiary alicyclic amines) is 1. The van der Waals surface area contributed by atoms with Gasteiger partial charge in [-0.15, -0.1) is 0 Å². The predicted octanol–water partition coefficient (Wildman–Crippen LogP) is 1.51. The molecule has 0 bridgehead atoms. The summed E-state index contributed by atoms with van der Waals surface area (Å²) in [5, 5.41) is 9.44. The number of aromatic amines is 1. The van der Waals surface area contributed by atoms with Crippen molar-refractivity contribution in [3.05, 3.63) is 24.8 Å². The molecule has 6 heteroatoms. The third-order valence-electron chi connectivity index (χ3n) is 4.23. The number of H-pyrrole nitrogens is 1. The van der Waals surface area contributed by atoms with E-state index in [2.05, 4.69) is 24.4 Å². The Morgan fingerprint density at radius 2 is 2.19 bits per heavy atom. The fourth-order valence-corrected chi connectivity index (χ4v) is 3.10. The molecule has 0 saturated carbocycles. The number of hydrogen-bond donors (Lipinski definition) is 2. The molecule has 0 unspecified atom stereocenters. The minimum absolute atomic E-state index is 0.280. The Morgan fingerprint density at radius 3 is 3.00 bits per heavy atom. The van der Waals surface area contributed by atoms with Crippen LogP contribution in [-0.4, -0.2) is 55.3 Å². The van der Waals surface area contributed by atoms with Crippen molar-refractivity contribution in [1.29, 1.82) is 0 Å². The van der Waals surface area contributed by atoms with Crippen molar-refractivity contribution in [2.24, 2.45) is 0 Å². The van der Waals surface area contributed by atoms with Crippen molar-refractivity contribution >= 4 is 0 Å². The molecule has 2 N–H and O–H groups in total. The van der Waals surface area contributed by atoms with Crippen LogP contribution in [0.15, 0.2) is 24.8 Å². The van der Waals surface area contributed by atoms with E-state index < -0.39 is 0 Å². The fourth-order valence-electron chi connectivity index (χ4n) is 3.10. The molecule has 3 heterocycles. The van der Waals surface area contributed by atoms with Gasteiger partial charge in [-0.05, 0) is 25.8 Å². The second kappa shape index (κ2) is 6.87. The van der Waals surface area contributed by atoms with Crippen molar-refractivity contribution in [1.82, 2.24) is 24.4 Å². The normalized spacial score (nSPS) is 20.0. The number of nitrogens with zero attached hydrogens (tertiary/aromatic N) is 4. The number of aryl methyl sites for hydroxylation is 1. The van der Waals surface area contributed by atoms with Crippen LogP contribution in [0.4, 0.5) is 0 Å². The van der Waals surface area contributed by atoms with Crippen molar-refractivity contribution in [3.63, 3.8) is 0 Å². The maximum atomic E-state index is 9.44. The molecule has 2 aromatic rings. The smallest absolute Gasteiger partial charge is 0.176 e. The van der Waals surface area contributed by atoms with E-state index in [4.69, 9.17) is 0 Å². The Hall–Kier alpha value is -1.66. The number of aliphatic hydroxyl groups excluding tert-OH is 1. The summed E-state index contributed by atoms with van der Waals surface area (Å²) in [6.45, 7) is 3.34. The highest BCUT2D eigenvalue weighted by molar-refractivity contribution is 5.43. The molecule has 1 aliphatic heterocycles. The molecular weight excluding hydrogens is 266 g/mol. The number of imidazole rings is 2. The molecule has 0 spiro atoms. The summed E-state index contributed by atoms with van der Waals surface area (Å²) in [5.41, 5.74) is 0. The minimum Gasteiger partial charge on any atom is -0.395 e. The van der Waals surface area contributed by atoms with Gasteiger partial charge in [-0.2, -0.15) is 0 Å². The lowest BCUT2D eigenvalue weighted by Gasteiger charge is -2.34. The summed E-state index contributed by atoms with van der Waals surface area (Å²) in [6, 6.07) is 0.353. The lowest BCUT2D eigenvalue weighted by molar-refractivity contribution is 0.0882. The summed E-state index contributed by atoms with van der Waals surface area (Å²) in [5.74, 6) is 1.70. The van der Waals surface area contributed by atoms with Gasteiger partial charge in [0, 0.05) is 43.9 Å². The Balaban J connectivity index is 1.55. The maximum absolute atomic E-state index is 9.44.